The fourth-order valence-corrected chi connectivity index (χ4v) is 0.841. The minimum Gasteiger partial charge on any atom is -0.103 e. The molecule has 57 valence electrons. The van der Waals surface area contributed by atoms with Gasteiger partial charge < -0.3 is 0 Å². The summed E-state index contributed by atoms with van der Waals surface area (Å²) in [6, 6.07) is 0. The summed E-state index contributed by atoms with van der Waals surface area (Å²) in [5.41, 5.74) is 0. The zero-order chi connectivity index (χ0) is 7.82. The molecule has 0 aromatic carbocycles. The van der Waals surface area contributed by atoms with E-state index in [0.29, 0.717) is 0 Å². The molecule has 1 rings (SSSR count). The first-order chi connectivity index (χ1) is 4.89. The van der Waals surface area contributed by atoms with Crippen LogP contribution in [0.5, 0.6) is 0 Å². The van der Waals surface area contributed by atoms with Crippen molar-refractivity contribution < 1.29 is 0 Å². The van der Waals surface area contributed by atoms with Crippen LogP contribution in [0, 0.1) is 24.2 Å². The van der Waals surface area contributed by atoms with E-state index in [4.69, 9.17) is 0 Å². The standard InChI is InChI=1S/C8H11.C2H6/c1-8-6-4-2-3-5-7-8;1-2/h4,8H,5-7H2,1H3;1-2H3. The Labute approximate surface area is 65.0 Å². The van der Waals surface area contributed by atoms with E-state index in [1.54, 1.807) is 0 Å². The molecule has 0 aromatic heterocycles. The van der Waals surface area contributed by atoms with Gasteiger partial charge in [0.1, 0.15) is 0 Å². The summed E-state index contributed by atoms with van der Waals surface area (Å²) in [5.74, 6) is 6.92. The van der Waals surface area contributed by atoms with Crippen LogP contribution >= 0.6 is 0 Å². The Hall–Kier alpha value is -0.440. The maximum Gasteiger partial charge on any atom is 0.0343 e. The van der Waals surface area contributed by atoms with Crippen LogP contribution < -0.4 is 0 Å². The van der Waals surface area contributed by atoms with Crippen LogP contribution in [-0.4, -0.2) is 0 Å². The van der Waals surface area contributed by atoms with E-state index in [1.807, 2.05) is 13.8 Å². The van der Waals surface area contributed by atoms with E-state index in [1.165, 1.54) is 12.8 Å². The molecule has 1 aliphatic carbocycles. The third kappa shape index (κ3) is 4.44. The molecule has 0 aliphatic heterocycles. The van der Waals surface area contributed by atoms with Gasteiger partial charge in [0.15, 0.2) is 0 Å². The summed E-state index contributed by atoms with van der Waals surface area (Å²) < 4.78 is 0. The second-order valence-corrected chi connectivity index (χ2v) is 2.40. The number of hydrogen-bond donors (Lipinski definition) is 0. The molecule has 1 unspecified atom stereocenters. The van der Waals surface area contributed by atoms with Gasteiger partial charge in [-0.1, -0.05) is 26.7 Å². The lowest BCUT2D eigenvalue weighted by molar-refractivity contribution is 0.546. The molecule has 10 heavy (non-hydrogen) atoms. The maximum absolute atomic E-state index is 3.07. The predicted molar refractivity (Wildman–Crippen MR) is 46.4 cm³/mol. The average molecular weight is 137 g/mol. The van der Waals surface area contributed by atoms with Crippen LogP contribution in [0.2, 0.25) is 0 Å². The van der Waals surface area contributed by atoms with E-state index < -0.39 is 0 Å². The maximum atomic E-state index is 3.07. The largest absolute Gasteiger partial charge is 0.103 e. The van der Waals surface area contributed by atoms with Crippen LogP contribution in [0.1, 0.15) is 40.0 Å². The Balaban J connectivity index is 0.000000371. The lowest BCUT2D eigenvalue weighted by Gasteiger charge is -2.02. The molecular weight excluding hydrogens is 120 g/mol. The fraction of sp³-hybridized carbons (Fsp3) is 0.700. The Morgan fingerprint density at radius 3 is 2.80 bits per heavy atom. The Bertz CT molecular complexity index is 102. The van der Waals surface area contributed by atoms with Crippen molar-refractivity contribution in [2.75, 3.05) is 0 Å². The highest BCUT2D eigenvalue weighted by Crippen LogP contribution is 2.12. The minimum absolute atomic E-state index is 0.845. The van der Waals surface area contributed by atoms with E-state index in [-0.39, 0.29) is 0 Å². The Morgan fingerprint density at radius 2 is 2.10 bits per heavy atom. The molecule has 0 amide bonds. The third-order valence-corrected chi connectivity index (χ3v) is 1.49. The highest BCUT2D eigenvalue weighted by molar-refractivity contribution is 5.11. The lowest BCUT2D eigenvalue weighted by atomic mass is 10.0. The molecule has 0 saturated heterocycles. The van der Waals surface area contributed by atoms with Crippen LogP contribution in [0.15, 0.2) is 0 Å². The monoisotopic (exact) mass is 137 g/mol. The summed E-state index contributed by atoms with van der Waals surface area (Å²) in [4.78, 5) is 0. The normalized spacial score (nSPS) is 17.5. The predicted octanol–water partition coefficient (Wildman–Crippen LogP) is 3.04. The van der Waals surface area contributed by atoms with Gasteiger partial charge in [0.25, 0.3) is 0 Å². The molecule has 0 bridgehead atoms. The second kappa shape index (κ2) is 6.68. The summed E-state index contributed by atoms with van der Waals surface area (Å²) in [5, 5.41) is 0. The zero-order valence-corrected chi connectivity index (χ0v) is 7.28. The summed E-state index contributed by atoms with van der Waals surface area (Å²) in [6.45, 7) is 6.27. The highest BCUT2D eigenvalue weighted by atomic mass is 14.1. The van der Waals surface area contributed by atoms with Crippen molar-refractivity contribution in [1.29, 1.82) is 0 Å². The summed E-state index contributed by atoms with van der Waals surface area (Å²) in [6.07, 6.45) is 5.64. The molecule has 0 heterocycles. The third-order valence-electron chi connectivity index (χ3n) is 1.49. The van der Waals surface area contributed by atoms with Gasteiger partial charge in [-0.05, 0) is 18.8 Å². The molecule has 1 aliphatic rings. The molecule has 0 aromatic rings. The van der Waals surface area contributed by atoms with Crippen molar-refractivity contribution in [1.82, 2.24) is 0 Å². The van der Waals surface area contributed by atoms with Crippen molar-refractivity contribution in [2.45, 2.75) is 40.0 Å². The van der Waals surface area contributed by atoms with Crippen molar-refractivity contribution in [2.24, 2.45) is 5.92 Å². The van der Waals surface area contributed by atoms with E-state index in [0.717, 1.165) is 12.3 Å². The molecule has 0 saturated carbocycles. The van der Waals surface area contributed by atoms with Crippen LogP contribution in [0.25, 0.3) is 0 Å². The molecule has 0 spiro atoms. The van der Waals surface area contributed by atoms with E-state index >= 15 is 0 Å². The SMILES string of the molecule is CC.CC1C[CH]C#CCC1. The molecule has 1 atom stereocenters. The van der Waals surface area contributed by atoms with Gasteiger partial charge in [0, 0.05) is 12.8 Å². The topological polar surface area (TPSA) is 0 Å². The van der Waals surface area contributed by atoms with Crippen molar-refractivity contribution in [3.05, 3.63) is 6.42 Å². The first-order valence-corrected chi connectivity index (χ1v) is 4.19. The van der Waals surface area contributed by atoms with Gasteiger partial charge in [-0.3, -0.25) is 0 Å². The smallest absolute Gasteiger partial charge is 0.0343 e. The highest BCUT2D eigenvalue weighted by Gasteiger charge is 2.01. The van der Waals surface area contributed by atoms with Gasteiger partial charge in [-0.15, -0.1) is 5.92 Å². The minimum atomic E-state index is 0.845. The lowest BCUT2D eigenvalue weighted by Crippen LogP contribution is -1.90. The van der Waals surface area contributed by atoms with Crippen LogP contribution in [-0.2, 0) is 0 Å². The van der Waals surface area contributed by atoms with Gasteiger partial charge in [-0.25, -0.2) is 0 Å². The molecule has 0 nitrogen and oxygen atoms in total. The Morgan fingerprint density at radius 1 is 1.40 bits per heavy atom. The van der Waals surface area contributed by atoms with Crippen molar-refractivity contribution >= 4 is 0 Å². The summed E-state index contributed by atoms with van der Waals surface area (Å²) >= 11 is 0. The Kier molecular flexibility index (Phi) is 6.38. The molecule has 0 N–H and O–H groups in total. The molecule has 0 heteroatoms. The second-order valence-electron chi connectivity index (χ2n) is 2.40. The molecule has 0 fully saturated rings. The van der Waals surface area contributed by atoms with Gasteiger partial charge in [0.05, 0.1) is 0 Å². The van der Waals surface area contributed by atoms with Crippen LogP contribution in [0.3, 0.4) is 0 Å². The summed E-state index contributed by atoms with van der Waals surface area (Å²) in [7, 11) is 0. The fourth-order valence-electron chi connectivity index (χ4n) is 0.841. The number of rotatable bonds is 0. The first kappa shape index (κ1) is 9.56. The average Bonchev–Trinajstić information content (AvgIpc) is 2.21. The van der Waals surface area contributed by atoms with E-state index in [9.17, 15) is 0 Å². The van der Waals surface area contributed by atoms with Gasteiger partial charge in [-0.2, -0.15) is 0 Å². The van der Waals surface area contributed by atoms with Gasteiger partial charge >= 0.3 is 0 Å². The molecule has 1 radical (unpaired) electrons. The van der Waals surface area contributed by atoms with E-state index in [2.05, 4.69) is 25.2 Å². The quantitative estimate of drug-likeness (QED) is 0.450. The first-order valence-electron chi connectivity index (χ1n) is 4.19. The number of hydrogen-bond acceptors (Lipinski definition) is 0. The molecular formula is C10H17. The van der Waals surface area contributed by atoms with Crippen molar-refractivity contribution in [3.63, 3.8) is 0 Å². The van der Waals surface area contributed by atoms with Crippen LogP contribution in [0.4, 0.5) is 0 Å². The van der Waals surface area contributed by atoms with Crippen molar-refractivity contribution in [3.8, 4) is 11.8 Å². The zero-order valence-electron chi connectivity index (χ0n) is 7.28. The van der Waals surface area contributed by atoms with Gasteiger partial charge in [0.2, 0.25) is 0 Å².